The van der Waals surface area contributed by atoms with Crippen LogP contribution in [0.5, 0.6) is 0 Å². The van der Waals surface area contributed by atoms with Gasteiger partial charge in [-0.25, -0.2) is 0 Å². The molecule has 2 rings (SSSR count). The highest BCUT2D eigenvalue weighted by Crippen LogP contribution is 2.38. The van der Waals surface area contributed by atoms with E-state index in [1.807, 2.05) is 0 Å². The van der Waals surface area contributed by atoms with Crippen molar-refractivity contribution in [2.24, 2.45) is 17.1 Å². The monoisotopic (exact) mass is 182 g/mol. The molecular formula is C10H18N2O. The van der Waals surface area contributed by atoms with Crippen LogP contribution in [0, 0.1) is 16.7 Å². The third kappa shape index (κ3) is 1.56. The predicted octanol–water partition coefficient (Wildman–Crippen LogP) is 2.57. The molecule has 0 aromatic heterocycles. The van der Waals surface area contributed by atoms with Crippen molar-refractivity contribution in [2.45, 2.75) is 45.1 Å². The van der Waals surface area contributed by atoms with E-state index in [-0.39, 0.29) is 0 Å². The van der Waals surface area contributed by atoms with Gasteiger partial charge in [-0.15, -0.1) is 4.91 Å². The summed E-state index contributed by atoms with van der Waals surface area (Å²) in [6, 6.07) is 0.458. The van der Waals surface area contributed by atoms with Crippen molar-refractivity contribution in [2.75, 3.05) is 6.54 Å². The largest absolute Gasteiger partial charge is 0.257 e. The maximum absolute atomic E-state index is 10.6. The van der Waals surface area contributed by atoms with E-state index in [2.05, 4.69) is 12.2 Å². The highest BCUT2D eigenvalue weighted by atomic mass is 16.3. The molecule has 13 heavy (non-hydrogen) atoms. The van der Waals surface area contributed by atoms with E-state index in [1.165, 1.54) is 25.7 Å². The summed E-state index contributed by atoms with van der Waals surface area (Å²) in [5.41, 5.74) is 0. The standard InChI is InChI=1S/C10H18N2O/c1-8-4-2-5-9-6-3-7-12(11-13)10(8)9/h8-10H,2-7H2,1H3/t8-,9-,10-/m1/s1. The van der Waals surface area contributed by atoms with Crippen LogP contribution in [0.4, 0.5) is 0 Å². The summed E-state index contributed by atoms with van der Waals surface area (Å²) in [5.74, 6) is 1.41. The van der Waals surface area contributed by atoms with Crippen LogP contribution < -0.4 is 0 Å². The lowest BCUT2D eigenvalue weighted by atomic mass is 9.73. The van der Waals surface area contributed by atoms with Crippen LogP contribution in [0.1, 0.15) is 39.0 Å². The first-order valence-corrected chi connectivity index (χ1v) is 5.43. The Labute approximate surface area is 79.4 Å². The van der Waals surface area contributed by atoms with E-state index in [4.69, 9.17) is 0 Å². The van der Waals surface area contributed by atoms with Crippen LogP contribution in [-0.2, 0) is 0 Å². The van der Waals surface area contributed by atoms with Gasteiger partial charge >= 0.3 is 0 Å². The number of piperidine rings is 1. The zero-order chi connectivity index (χ0) is 9.26. The smallest absolute Gasteiger partial charge is 0.0556 e. The molecule has 0 aromatic carbocycles. The molecule has 3 heteroatoms. The number of fused-ring (bicyclic) bond motifs is 1. The lowest BCUT2D eigenvalue weighted by molar-refractivity contribution is 0.0258. The lowest BCUT2D eigenvalue weighted by Crippen LogP contribution is -2.47. The molecule has 3 atom stereocenters. The lowest BCUT2D eigenvalue weighted by Gasteiger charge is -2.44. The first-order chi connectivity index (χ1) is 6.33. The number of hydrogen-bond donors (Lipinski definition) is 0. The van der Waals surface area contributed by atoms with Crippen molar-refractivity contribution in [1.82, 2.24) is 5.01 Å². The summed E-state index contributed by atoms with van der Waals surface area (Å²) < 4.78 is 0. The highest BCUT2D eigenvalue weighted by Gasteiger charge is 2.37. The summed E-state index contributed by atoms with van der Waals surface area (Å²) in [5, 5.41) is 4.97. The van der Waals surface area contributed by atoms with Gasteiger partial charge in [0.05, 0.1) is 11.3 Å². The molecule has 1 saturated carbocycles. The molecule has 74 valence electrons. The number of rotatable bonds is 1. The summed E-state index contributed by atoms with van der Waals surface area (Å²) in [4.78, 5) is 10.6. The second kappa shape index (κ2) is 3.64. The molecule has 2 aliphatic rings. The van der Waals surface area contributed by atoms with Gasteiger partial charge in [0.25, 0.3) is 0 Å². The second-order valence-corrected chi connectivity index (χ2v) is 4.55. The van der Waals surface area contributed by atoms with E-state index in [0.717, 1.165) is 18.9 Å². The van der Waals surface area contributed by atoms with Crippen molar-refractivity contribution >= 4 is 0 Å². The number of nitroso groups, excluding NO2 is 1. The summed E-state index contributed by atoms with van der Waals surface area (Å²) in [7, 11) is 0. The van der Waals surface area contributed by atoms with E-state index in [0.29, 0.717) is 12.0 Å². The molecule has 0 aromatic rings. The molecule has 1 heterocycles. The maximum atomic E-state index is 10.6. The minimum atomic E-state index is 0.458. The van der Waals surface area contributed by atoms with Crippen LogP contribution >= 0.6 is 0 Å². The Hall–Kier alpha value is -0.600. The molecule has 0 radical (unpaired) electrons. The third-order valence-electron chi connectivity index (χ3n) is 3.71. The Kier molecular flexibility index (Phi) is 2.51. The summed E-state index contributed by atoms with van der Waals surface area (Å²) in [6.45, 7) is 3.15. The molecule has 1 aliphatic carbocycles. The van der Waals surface area contributed by atoms with Crippen LogP contribution in [-0.4, -0.2) is 17.6 Å². The Morgan fingerprint density at radius 1 is 1.23 bits per heavy atom. The molecule has 0 N–H and O–H groups in total. The molecule has 3 nitrogen and oxygen atoms in total. The van der Waals surface area contributed by atoms with Gasteiger partial charge in [0, 0.05) is 6.54 Å². The second-order valence-electron chi connectivity index (χ2n) is 4.55. The SMILES string of the molecule is C[C@@H]1CCC[C@@H]2CCCN(N=O)[C@@H]21. The predicted molar refractivity (Wildman–Crippen MR) is 52.0 cm³/mol. The highest BCUT2D eigenvalue weighted by molar-refractivity contribution is 4.89. The Bertz CT molecular complexity index is 193. The van der Waals surface area contributed by atoms with Gasteiger partial charge in [0.1, 0.15) is 0 Å². The van der Waals surface area contributed by atoms with Gasteiger partial charge < -0.3 is 0 Å². The Balaban J connectivity index is 2.11. The zero-order valence-corrected chi connectivity index (χ0v) is 8.28. The van der Waals surface area contributed by atoms with Crippen molar-refractivity contribution in [3.63, 3.8) is 0 Å². The van der Waals surface area contributed by atoms with E-state index in [1.54, 1.807) is 5.01 Å². The molecule has 1 aliphatic heterocycles. The molecule has 0 amide bonds. The van der Waals surface area contributed by atoms with Crippen LogP contribution in [0.3, 0.4) is 0 Å². The molecule has 0 bridgehead atoms. The fraction of sp³-hybridized carbons (Fsp3) is 1.00. The quantitative estimate of drug-likeness (QED) is 0.584. The van der Waals surface area contributed by atoms with Crippen molar-refractivity contribution in [1.29, 1.82) is 0 Å². The first-order valence-electron chi connectivity index (χ1n) is 5.43. The topological polar surface area (TPSA) is 32.7 Å². The molecular weight excluding hydrogens is 164 g/mol. The van der Waals surface area contributed by atoms with Crippen LogP contribution in [0.25, 0.3) is 0 Å². The number of nitrogens with zero attached hydrogens (tertiary/aromatic N) is 2. The molecule has 2 fully saturated rings. The Morgan fingerprint density at radius 2 is 2.00 bits per heavy atom. The van der Waals surface area contributed by atoms with Crippen molar-refractivity contribution in [3.8, 4) is 0 Å². The maximum Gasteiger partial charge on any atom is 0.0556 e. The van der Waals surface area contributed by atoms with E-state index < -0.39 is 0 Å². The van der Waals surface area contributed by atoms with Gasteiger partial charge in [-0.05, 0) is 37.5 Å². The fourth-order valence-electron chi connectivity index (χ4n) is 3.12. The van der Waals surface area contributed by atoms with Crippen molar-refractivity contribution in [3.05, 3.63) is 4.91 Å². The molecule has 1 saturated heterocycles. The van der Waals surface area contributed by atoms with Gasteiger partial charge in [-0.3, -0.25) is 5.01 Å². The van der Waals surface area contributed by atoms with Gasteiger partial charge in [0.15, 0.2) is 0 Å². The third-order valence-corrected chi connectivity index (χ3v) is 3.71. The number of hydrogen-bond acceptors (Lipinski definition) is 2. The average Bonchev–Trinajstić information content (AvgIpc) is 2.17. The van der Waals surface area contributed by atoms with Crippen molar-refractivity contribution < 1.29 is 0 Å². The zero-order valence-electron chi connectivity index (χ0n) is 8.28. The van der Waals surface area contributed by atoms with E-state index >= 15 is 0 Å². The summed E-state index contributed by atoms with van der Waals surface area (Å²) in [6.07, 6.45) is 6.38. The molecule has 0 spiro atoms. The van der Waals surface area contributed by atoms with Gasteiger partial charge in [0.2, 0.25) is 0 Å². The van der Waals surface area contributed by atoms with E-state index in [9.17, 15) is 4.91 Å². The molecule has 0 unspecified atom stereocenters. The minimum absolute atomic E-state index is 0.458. The van der Waals surface area contributed by atoms with Gasteiger partial charge in [-0.2, -0.15) is 0 Å². The average molecular weight is 182 g/mol. The van der Waals surface area contributed by atoms with Crippen LogP contribution in [0.2, 0.25) is 0 Å². The summed E-state index contributed by atoms with van der Waals surface area (Å²) >= 11 is 0. The Morgan fingerprint density at radius 3 is 2.77 bits per heavy atom. The first kappa shape index (κ1) is 8.97. The fourth-order valence-corrected chi connectivity index (χ4v) is 3.12. The minimum Gasteiger partial charge on any atom is -0.257 e. The van der Waals surface area contributed by atoms with Gasteiger partial charge in [-0.1, -0.05) is 13.3 Å². The normalized spacial score (nSPS) is 39.8. The van der Waals surface area contributed by atoms with Crippen LogP contribution in [0.15, 0.2) is 5.29 Å².